The highest BCUT2D eigenvalue weighted by molar-refractivity contribution is 6.29. The minimum absolute atomic E-state index is 0.287. The lowest BCUT2D eigenvalue weighted by Crippen LogP contribution is -2.04. The van der Waals surface area contributed by atoms with Crippen molar-refractivity contribution in [2.45, 2.75) is 19.9 Å². The fourth-order valence-corrected chi connectivity index (χ4v) is 2.23. The first-order valence-corrected chi connectivity index (χ1v) is 7.06. The van der Waals surface area contributed by atoms with E-state index < -0.39 is 0 Å². The molecule has 1 aromatic carbocycles. The predicted molar refractivity (Wildman–Crippen MR) is 84.3 cm³/mol. The average molecular weight is 305 g/mol. The van der Waals surface area contributed by atoms with Crippen LogP contribution in [0.3, 0.4) is 0 Å². The number of hydrogen-bond donors (Lipinski definition) is 1. The third kappa shape index (κ3) is 3.95. The molecule has 5 heteroatoms. The van der Waals surface area contributed by atoms with Gasteiger partial charge < -0.3 is 10.1 Å². The fourth-order valence-electron chi connectivity index (χ4n) is 2.02. The number of benzene rings is 1. The van der Waals surface area contributed by atoms with Crippen molar-refractivity contribution >= 4 is 23.7 Å². The van der Waals surface area contributed by atoms with Gasteiger partial charge in [-0.1, -0.05) is 30.7 Å². The van der Waals surface area contributed by atoms with Crippen molar-refractivity contribution in [1.82, 2.24) is 4.98 Å². The Bertz CT molecular complexity index is 644. The summed E-state index contributed by atoms with van der Waals surface area (Å²) in [4.78, 5) is 15.0. The zero-order valence-electron chi connectivity index (χ0n) is 12.0. The molecule has 1 N–H and O–H groups in total. The Labute approximate surface area is 129 Å². The van der Waals surface area contributed by atoms with Crippen molar-refractivity contribution in [3.63, 3.8) is 0 Å². The SMILES string of the molecule is CCc1ccc(CNc2cc(C=O)cc(Cl)n2)c(OC)c1. The number of ether oxygens (including phenoxy) is 1. The zero-order valence-corrected chi connectivity index (χ0v) is 12.8. The summed E-state index contributed by atoms with van der Waals surface area (Å²) in [6.45, 7) is 2.64. The normalized spacial score (nSPS) is 10.2. The molecule has 2 rings (SSSR count). The first-order valence-electron chi connectivity index (χ1n) is 6.68. The highest BCUT2D eigenvalue weighted by atomic mass is 35.5. The third-order valence-corrected chi connectivity index (χ3v) is 3.37. The van der Waals surface area contributed by atoms with Crippen LogP contribution >= 0.6 is 11.6 Å². The van der Waals surface area contributed by atoms with Crippen molar-refractivity contribution in [2.75, 3.05) is 12.4 Å². The number of halogens is 1. The van der Waals surface area contributed by atoms with Crippen LogP contribution in [-0.2, 0) is 13.0 Å². The number of aromatic nitrogens is 1. The summed E-state index contributed by atoms with van der Waals surface area (Å²) in [5, 5.41) is 3.44. The molecule has 4 nitrogen and oxygen atoms in total. The Kier molecular flexibility index (Phi) is 5.17. The van der Waals surface area contributed by atoms with Gasteiger partial charge in [-0.25, -0.2) is 4.98 Å². The van der Waals surface area contributed by atoms with Gasteiger partial charge in [0.1, 0.15) is 23.0 Å². The van der Waals surface area contributed by atoms with Crippen LogP contribution in [0.4, 0.5) is 5.82 Å². The Morgan fingerprint density at radius 2 is 2.14 bits per heavy atom. The van der Waals surface area contributed by atoms with Crippen LogP contribution in [0.15, 0.2) is 30.3 Å². The van der Waals surface area contributed by atoms with Crippen molar-refractivity contribution in [1.29, 1.82) is 0 Å². The van der Waals surface area contributed by atoms with Crippen LogP contribution in [0.25, 0.3) is 0 Å². The third-order valence-electron chi connectivity index (χ3n) is 3.17. The molecule has 0 aliphatic heterocycles. The van der Waals surface area contributed by atoms with E-state index in [1.54, 1.807) is 13.2 Å². The van der Waals surface area contributed by atoms with Crippen LogP contribution < -0.4 is 10.1 Å². The van der Waals surface area contributed by atoms with Gasteiger partial charge in [-0.15, -0.1) is 0 Å². The van der Waals surface area contributed by atoms with E-state index in [1.807, 2.05) is 12.1 Å². The molecule has 21 heavy (non-hydrogen) atoms. The van der Waals surface area contributed by atoms with Crippen molar-refractivity contribution in [3.8, 4) is 5.75 Å². The van der Waals surface area contributed by atoms with E-state index in [4.69, 9.17) is 16.3 Å². The molecule has 0 fully saturated rings. The van der Waals surface area contributed by atoms with Gasteiger partial charge in [-0.2, -0.15) is 0 Å². The fraction of sp³-hybridized carbons (Fsp3) is 0.250. The van der Waals surface area contributed by atoms with Crippen molar-refractivity contribution in [2.24, 2.45) is 0 Å². The second-order valence-corrected chi connectivity index (χ2v) is 4.97. The molecule has 0 radical (unpaired) electrons. The summed E-state index contributed by atoms with van der Waals surface area (Å²) < 4.78 is 5.40. The molecule has 0 atom stereocenters. The first-order chi connectivity index (χ1) is 10.2. The molecule has 110 valence electrons. The number of nitrogens with zero attached hydrogens (tertiary/aromatic N) is 1. The molecule has 0 amide bonds. The molecular weight excluding hydrogens is 288 g/mol. The van der Waals surface area contributed by atoms with E-state index in [0.29, 0.717) is 17.9 Å². The number of methoxy groups -OCH3 is 1. The number of carbonyl (C=O) groups excluding carboxylic acids is 1. The highest BCUT2D eigenvalue weighted by Gasteiger charge is 2.06. The number of aldehydes is 1. The molecule has 0 spiro atoms. The highest BCUT2D eigenvalue weighted by Crippen LogP contribution is 2.22. The second-order valence-electron chi connectivity index (χ2n) is 4.58. The van der Waals surface area contributed by atoms with E-state index in [0.717, 1.165) is 24.0 Å². The lowest BCUT2D eigenvalue weighted by atomic mass is 10.1. The Hall–Kier alpha value is -2.07. The van der Waals surface area contributed by atoms with E-state index in [-0.39, 0.29) is 5.15 Å². The van der Waals surface area contributed by atoms with Gasteiger partial charge in [0, 0.05) is 17.7 Å². The number of anilines is 1. The molecule has 0 unspecified atom stereocenters. The van der Waals surface area contributed by atoms with Gasteiger partial charge in [0.05, 0.1) is 7.11 Å². The Balaban J connectivity index is 2.16. The Morgan fingerprint density at radius 3 is 2.81 bits per heavy atom. The molecule has 0 aliphatic rings. The molecule has 0 saturated heterocycles. The van der Waals surface area contributed by atoms with Gasteiger partial charge >= 0.3 is 0 Å². The van der Waals surface area contributed by atoms with Crippen LogP contribution in [0.1, 0.15) is 28.4 Å². The lowest BCUT2D eigenvalue weighted by molar-refractivity contribution is 0.112. The zero-order chi connectivity index (χ0) is 15.2. The minimum Gasteiger partial charge on any atom is -0.496 e. The molecular formula is C16H17ClN2O2. The minimum atomic E-state index is 0.287. The summed E-state index contributed by atoms with van der Waals surface area (Å²) in [5.74, 6) is 1.39. The number of rotatable bonds is 6. The maximum atomic E-state index is 10.8. The van der Waals surface area contributed by atoms with E-state index >= 15 is 0 Å². The largest absolute Gasteiger partial charge is 0.496 e. The average Bonchev–Trinajstić information content (AvgIpc) is 2.52. The van der Waals surface area contributed by atoms with Crippen LogP contribution in [-0.4, -0.2) is 18.4 Å². The summed E-state index contributed by atoms with van der Waals surface area (Å²) >= 11 is 5.87. The van der Waals surface area contributed by atoms with E-state index in [9.17, 15) is 4.79 Å². The van der Waals surface area contributed by atoms with Gasteiger partial charge in [0.25, 0.3) is 0 Å². The number of hydrogen-bond acceptors (Lipinski definition) is 4. The molecule has 0 saturated carbocycles. The van der Waals surface area contributed by atoms with Gasteiger partial charge in [0.15, 0.2) is 0 Å². The van der Waals surface area contributed by atoms with Gasteiger partial charge in [-0.3, -0.25) is 4.79 Å². The van der Waals surface area contributed by atoms with Gasteiger partial charge in [0.2, 0.25) is 0 Å². The number of carbonyl (C=O) groups is 1. The first kappa shape index (κ1) is 15.3. The summed E-state index contributed by atoms with van der Waals surface area (Å²) in [6.07, 6.45) is 1.71. The molecule has 1 heterocycles. The number of aryl methyl sites for hydroxylation is 1. The number of pyridine rings is 1. The molecule has 0 aliphatic carbocycles. The molecule has 2 aromatic rings. The summed E-state index contributed by atoms with van der Waals surface area (Å²) in [5.41, 5.74) is 2.73. The topological polar surface area (TPSA) is 51.2 Å². The van der Waals surface area contributed by atoms with Gasteiger partial charge in [-0.05, 0) is 30.2 Å². The predicted octanol–water partition coefficient (Wildman–Crippen LogP) is 3.73. The van der Waals surface area contributed by atoms with E-state index in [1.165, 1.54) is 11.6 Å². The van der Waals surface area contributed by atoms with Crippen molar-refractivity contribution in [3.05, 3.63) is 52.2 Å². The van der Waals surface area contributed by atoms with Crippen LogP contribution in [0, 0.1) is 0 Å². The summed E-state index contributed by atoms with van der Waals surface area (Å²) in [7, 11) is 1.65. The lowest BCUT2D eigenvalue weighted by Gasteiger charge is -2.12. The second kappa shape index (κ2) is 7.09. The maximum absolute atomic E-state index is 10.8. The van der Waals surface area contributed by atoms with Crippen molar-refractivity contribution < 1.29 is 9.53 Å². The number of nitrogens with one attached hydrogen (secondary N) is 1. The summed E-state index contributed by atoms with van der Waals surface area (Å²) in [6, 6.07) is 9.30. The smallest absolute Gasteiger partial charge is 0.150 e. The molecule has 1 aromatic heterocycles. The van der Waals surface area contributed by atoms with E-state index in [2.05, 4.69) is 23.3 Å². The monoisotopic (exact) mass is 304 g/mol. The molecule has 0 bridgehead atoms. The van der Waals surface area contributed by atoms with Crippen LogP contribution in [0.5, 0.6) is 5.75 Å². The van der Waals surface area contributed by atoms with Crippen LogP contribution in [0.2, 0.25) is 5.15 Å². The standard InChI is InChI=1S/C16H17ClN2O2/c1-3-11-4-5-13(14(6-11)21-2)9-18-16-8-12(10-20)7-15(17)19-16/h4-8,10H,3,9H2,1-2H3,(H,18,19). The quantitative estimate of drug-likeness (QED) is 0.652. The maximum Gasteiger partial charge on any atom is 0.150 e. The Morgan fingerprint density at radius 1 is 1.33 bits per heavy atom.